The molecule has 0 bridgehead atoms. The molecule has 0 aromatic carbocycles. The van der Waals surface area contributed by atoms with E-state index in [1.807, 2.05) is 0 Å². The Morgan fingerprint density at radius 1 is 1.67 bits per heavy atom. The number of rotatable bonds is 3. The van der Waals surface area contributed by atoms with Crippen LogP contribution >= 0.6 is 22.6 Å². The first-order valence-corrected chi connectivity index (χ1v) is 4.81. The molecule has 0 spiro atoms. The molecule has 1 N–H and O–H groups in total. The fourth-order valence-electron chi connectivity index (χ4n) is 0.966. The van der Waals surface area contributed by atoms with Gasteiger partial charge < -0.3 is 9.84 Å². The second-order valence-corrected chi connectivity index (χ2v) is 3.68. The van der Waals surface area contributed by atoms with E-state index in [9.17, 15) is 13.6 Å². The average Bonchev–Trinajstić information content (AvgIpc) is 2.16. The van der Waals surface area contributed by atoms with E-state index < -0.39 is 23.7 Å². The Morgan fingerprint density at radius 2 is 2.27 bits per heavy atom. The minimum atomic E-state index is -2.94. The maximum Gasteiger partial charge on any atom is 0.337 e. The molecule has 0 amide bonds. The van der Waals surface area contributed by atoms with Crippen LogP contribution in [-0.4, -0.2) is 23.2 Å². The van der Waals surface area contributed by atoms with Gasteiger partial charge in [-0.25, -0.2) is 18.6 Å². The fourth-order valence-corrected chi connectivity index (χ4v) is 1.62. The molecular formula is C8H6F2INO3. The number of hydrogen-bond donors (Lipinski definition) is 1. The molecule has 4 nitrogen and oxygen atoms in total. The van der Waals surface area contributed by atoms with Gasteiger partial charge in [0.1, 0.15) is 5.69 Å². The van der Waals surface area contributed by atoms with Gasteiger partial charge >= 0.3 is 5.97 Å². The van der Waals surface area contributed by atoms with Crippen molar-refractivity contribution in [1.82, 2.24) is 4.98 Å². The van der Waals surface area contributed by atoms with E-state index in [2.05, 4.69) is 4.98 Å². The molecule has 0 fully saturated rings. The van der Waals surface area contributed by atoms with E-state index >= 15 is 0 Å². The Kier molecular flexibility index (Phi) is 3.77. The summed E-state index contributed by atoms with van der Waals surface area (Å²) in [5.74, 6) is -1.44. The van der Waals surface area contributed by atoms with Crippen molar-refractivity contribution in [3.63, 3.8) is 0 Å². The zero-order valence-electron chi connectivity index (χ0n) is 7.50. The van der Waals surface area contributed by atoms with Crippen LogP contribution in [0.2, 0.25) is 0 Å². The van der Waals surface area contributed by atoms with Gasteiger partial charge in [0.15, 0.2) is 0 Å². The molecule has 15 heavy (non-hydrogen) atoms. The number of nitrogens with zero attached hydrogens (tertiary/aromatic N) is 1. The third-order valence-electron chi connectivity index (χ3n) is 1.60. The quantitative estimate of drug-likeness (QED) is 0.865. The number of aromatic carboxylic acids is 1. The highest BCUT2D eigenvalue weighted by atomic mass is 127. The highest BCUT2D eigenvalue weighted by molar-refractivity contribution is 14.1. The number of ether oxygens (including phenoxy) is 1. The minimum absolute atomic E-state index is 0.00380. The number of pyridine rings is 1. The van der Waals surface area contributed by atoms with Gasteiger partial charge in [-0.1, -0.05) is 0 Å². The third-order valence-corrected chi connectivity index (χ3v) is 2.38. The highest BCUT2D eigenvalue weighted by Crippen LogP contribution is 2.27. The number of hydrogen-bond acceptors (Lipinski definition) is 3. The lowest BCUT2D eigenvalue weighted by Gasteiger charge is -2.08. The summed E-state index contributed by atoms with van der Waals surface area (Å²) in [7, 11) is 1.28. The molecule has 0 saturated heterocycles. The van der Waals surface area contributed by atoms with E-state index in [1.54, 1.807) is 22.6 Å². The first-order chi connectivity index (χ1) is 6.97. The van der Waals surface area contributed by atoms with Gasteiger partial charge in [-0.05, 0) is 28.7 Å². The van der Waals surface area contributed by atoms with Crippen LogP contribution in [0.15, 0.2) is 6.07 Å². The maximum absolute atomic E-state index is 12.5. The van der Waals surface area contributed by atoms with Crippen LogP contribution in [0.3, 0.4) is 0 Å². The van der Waals surface area contributed by atoms with Gasteiger partial charge in [-0.2, -0.15) is 0 Å². The summed E-state index contributed by atoms with van der Waals surface area (Å²) < 4.78 is 30.0. The number of halogens is 3. The van der Waals surface area contributed by atoms with Crippen molar-refractivity contribution in [3.8, 4) is 5.88 Å². The standard InChI is InChI=1S/C8H6F2INO3/c1-15-7-4(11)2-3(8(13)14)5(12-7)6(9)10/h2,6H,1H3,(H,13,14). The van der Waals surface area contributed by atoms with Crippen LogP contribution in [0.1, 0.15) is 22.5 Å². The van der Waals surface area contributed by atoms with Crippen molar-refractivity contribution in [2.75, 3.05) is 7.11 Å². The second kappa shape index (κ2) is 4.69. The average molecular weight is 329 g/mol. The summed E-state index contributed by atoms with van der Waals surface area (Å²) in [5, 5.41) is 8.69. The molecule has 0 unspecified atom stereocenters. The summed E-state index contributed by atoms with van der Waals surface area (Å²) >= 11 is 1.76. The molecule has 1 heterocycles. The molecule has 82 valence electrons. The second-order valence-electron chi connectivity index (χ2n) is 2.52. The van der Waals surface area contributed by atoms with Crippen molar-refractivity contribution in [3.05, 3.63) is 20.9 Å². The summed E-state index contributed by atoms with van der Waals surface area (Å²) in [6.07, 6.45) is -2.94. The Balaban J connectivity index is 3.38. The lowest BCUT2D eigenvalue weighted by Crippen LogP contribution is -2.08. The summed E-state index contributed by atoms with van der Waals surface area (Å²) in [6, 6.07) is 1.11. The molecule has 7 heteroatoms. The number of methoxy groups -OCH3 is 1. The normalized spacial score (nSPS) is 10.5. The third kappa shape index (κ3) is 2.52. The number of carboxylic acids is 1. The molecule has 0 aliphatic heterocycles. The van der Waals surface area contributed by atoms with E-state index in [0.717, 1.165) is 6.07 Å². The number of carboxylic acid groups (broad SMARTS) is 1. The first-order valence-electron chi connectivity index (χ1n) is 3.73. The molecule has 1 aromatic heterocycles. The Morgan fingerprint density at radius 3 is 2.67 bits per heavy atom. The fraction of sp³-hybridized carbons (Fsp3) is 0.250. The van der Waals surface area contributed by atoms with Gasteiger partial charge in [0.25, 0.3) is 6.43 Å². The predicted octanol–water partition coefficient (Wildman–Crippen LogP) is 2.33. The number of carbonyl (C=O) groups is 1. The molecule has 0 aliphatic carbocycles. The lowest BCUT2D eigenvalue weighted by atomic mass is 10.2. The summed E-state index contributed by atoms with van der Waals surface area (Å²) in [5.41, 5.74) is -1.28. The SMILES string of the molecule is COc1nc(C(F)F)c(C(=O)O)cc1I. The van der Waals surface area contributed by atoms with Crippen LogP contribution in [0.4, 0.5) is 8.78 Å². The van der Waals surface area contributed by atoms with Gasteiger partial charge in [0, 0.05) is 0 Å². The Labute approximate surface area is 97.4 Å². The van der Waals surface area contributed by atoms with Crippen LogP contribution < -0.4 is 4.74 Å². The van der Waals surface area contributed by atoms with Crippen molar-refractivity contribution >= 4 is 28.6 Å². The monoisotopic (exact) mass is 329 g/mol. The van der Waals surface area contributed by atoms with Gasteiger partial charge in [-0.3, -0.25) is 0 Å². The van der Waals surface area contributed by atoms with Crippen molar-refractivity contribution in [2.24, 2.45) is 0 Å². The van der Waals surface area contributed by atoms with Gasteiger partial charge in [0.05, 0.1) is 16.2 Å². The van der Waals surface area contributed by atoms with Crippen molar-refractivity contribution < 1.29 is 23.4 Å². The number of aromatic nitrogens is 1. The molecule has 0 radical (unpaired) electrons. The minimum Gasteiger partial charge on any atom is -0.480 e. The molecule has 0 aliphatic rings. The zero-order valence-corrected chi connectivity index (χ0v) is 9.66. The highest BCUT2D eigenvalue weighted by Gasteiger charge is 2.22. The Bertz CT molecular complexity index is 398. The zero-order chi connectivity index (χ0) is 11.6. The van der Waals surface area contributed by atoms with Gasteiger partial charge in [-0.15, -0.1) is 0 Å². The van der Waals surface area contributed by atoms with Crippen molar-refractivity contribution in [2.45, 2.75) is 6.43 Å². The Hall–Kier alpha value is -0.990. The molecular weight excluding hydrogens is 323 g/mol. The molecule has 1 aromatic rings. The maximum atomic E-state index is 12.5. The lowest BCUT2D eigenvalue weighted by molar-refractivity contribution is 0.0681. The van der Waals surface area contributed by atoms with Crippen LogP contribution in [0.25, 0.3) is 0 Å². The molecule has 0 saturated carbocycles. The van der Waals surface area contributed by atoms with E-state index in [0.29, 0.717) is 3.57 Å². The van der Waals surface area contributed by atoms with Crippen LogP contribution in [-0.2, 0) is 0 Å². The largest absolute Gasteiger partial charge is 0.480 e. The van der Waals surface area contributed by atoms with E-state index in [4.69, 9.17) is 9.84 Å². The molecule has 0 atom stereocenters. The first kappa shape index (κ1) is 12.1. The number of alkyl halides is 2. The van der Waals surface area contributed by atoms with Crippen molar-refractivity contribution in [1.29, 1.82) is 0 Å². The predicted molar refractivity (Wildman–Crippen MR) is 55.4 cm³/mol. The van der Waals surface area contributed by atoms with E-state index in [1.165, 1.54) is 7.11 Å². The summed E-state index contributed by atoms with van der Waals surface area (Å²) in [6.45, 7) is 0. The summed E-state index contributed by atoms with van der Waals surface area (Å²) in [4.78, 5) is 14.1. The van der Waals surface area contributed by atoms with Crippen LogP contribution in [0, 0.1) is 3.57 Å². The smallest absolute Gasteiger partial charge is 0.337 e. The van der Waals surface area contributed by atoms with Gasteiger partial charge in [0.2, 0.25) is 5.88 Å². The van der Waals surface area contributed by atoms with Crippen LogP contribution in [0.5, 0.6) is 5.88 Å². The van der Waals surface area contributed by atoms with E-state index in [-0.39, 0.29) is 5.88 Å². The topological polar surface area (TPSA) is 59.4 Å². The molecule has 1 rings (SSSR count).